The summed E-state index contributed by atoms with van der Waals surface area (Å²) in [4.78, 5) is 1.56. The van der Waals surface area contributed by atoms with E-state index in [4.69, 9.17) is 4.74 Å². The van der Waals surface area contributed by atoms with Gasteiger partial charge < -0.3 is 4.74 Å². The Balaban J connectivity index is 0.000000207. The van der Waals surface area contributed by atoms with Gasteiger partial charge in [0.1, 0.15) is 17.3 Å². The molecule has 0 unspecified atom stereocenters. The van der Waals surface area contributed by atoms with Crippen molar-refractivity contribution in [1.29, 1.82) is 0 Å². The molecule has 2 fully saturated rings. The average Bonchev–Trinajstić information content (AvgIpc) is 3.32. The fraction of sp³-hybridized carbons (Fsp3) is 0.524. The van der Waals surface area contributed by atoms with Crippen LogP contribution in [-0.4, -0.2) is 51.4 Å². The molecular weight excluding hydrogens is 556 g/mol. The number of fused-ring (bicyclic) bond motifs is 1. The van der Waals surface area contributed by atoms with E-state index in [1.165, 1.54) is 41.5 Å². The molecule has 0 aliphatic carbocycles. The summed E-state index contributed by atoms with van der Waals surface area (Å²) < 4.78 is 122. The van der Waals surface area contributed by atoms with E-state index >= 15 is 0 Å². The van der Waals surface area contributed by atoms with Gasteiger partial charge in [0.2, 0.25) is 0 Å². The highest BCUT2D eigenvalue weighted by atomic mass is 32.3. The topological polar surface area (TPSA) is 89.5 Å². The quantitative estimate of drug-likeness (QED) is 0.310. The van der Waals surface area contributed by atoms with Gasteiger partial charge in [0.15, 0.2) is 4.90 Å². The summed E-state index contributed by atoms with van der Waals surface area (Å²) in [6.07, 6.45) is 5.10. The van der Waals surface area contributed by atoms with Crippen LogP contribution in [0.15, 0.2) is 41.3 Å². The molecule has 6 nitrogen and oxygen atoms in total. The fourth-order valence-electron chi connectivity index (χ4n) is 3.58. The first kappa shape index (κ1) is 28.9. The molecule has 2 aliphatic heterocycles. The van der Waals surface area contributed by atoms with Crippen molar-refractivity contribution in [3.63, 3.8) is 0 Å². The second-order valence-electron chi connectivity index (χ2n) is 8.12. The molecule has 2 aliphatic rings. The minimum Gasteiger partial charge on any atom is -0.493 e. The minimum absolute atomic E-state index is 0.167. The average molecular weight is 581 g/mol. The lowest BCUT2D eigenvalue weighted by atomic mass is 10.1. The minimum atomic E-state index is -6.57. The monoisotopic (exact) mass is 580 g/mol. The van der Waals surface area contributed by atoms with Crippen molar-refractivity contribution in [1.82, 2.24) is 4.13 Å². The molecule has 2 saturated heterocycles. The fourth-order valence-corrected chi connectivity index (χ4v) is 9.07. The van der Waals surface area contributed by atoms with Gasteiger partial charge >= 0.3 is 16.4 Å². The van der Waals surface area contributed by atoms with Crippen LogP contribution in [0.5, 0.6) is 5.75 Å². The van der Waals surface area contributed by atoms with E-state index in [1.807, 2.05) is 0 Å². The molecule has 2 aromatic rings. The zero-order valence-electron chi connectivity index (χ0n) is 18.9. The first-order chi connectivity index (χ1) is 16.6. The number of ether oxygens (including phenoxy) is 1. The highest BCUT2D eigenvalue weighted by molar-refractivity contribution is 8.06. The van der Waals surface area contributed by atoms with Gasteiger partial charge in [0.25, 0.3) is 20.0 Å². The van der Waals surface area contributed by atoms with Gasteiger partial charge in [-0.25, -0.2) is 16.8 Å². The molecule has 2 heterocycles. The number of alkyl halides is 6. The molecular formula is C21H24F6NO5S3+. The predicted octanol–water partition coefficient (Wildman–Crippen LogP) is 4.86. The van der Waals surface area contributed by atoms with Crippen LogP contribution in [0.25, 0.3) is 10.8 Å². The summed E-state index contributed by atoms with van der Waals surface area (Å²) in [5.41, 5.74) is 0. The molecule has 0 atom stereocenters. The Kier molecular flexibility index (Phi) is 8.19. The zero-order valence-corrected chi connectivity index (χ0v) is 21.4. The number of nitrogens with one attached hydrogen (secondary N) is 1. The maximum absolute atomic E-state index is 12.5. The van der Waals surface area contributed by atoms with Crippen molar-refractivity contribution in [3.05, 3.63) is 36.4 Å². The van der Waals surface area contributed by atoms with Crippen LogP contribution in [0.1, 0.15) is 32.6 Å². The van der Waals surface area contributed by atoms with E-state index in [9.17, 15) is 43.2 Å². The van der Waals surface area contributed by atoms with E-state index < -0.39 is 36.5 Å². The lowest BCUT2D eigenvalue weighted by Gasteiger charge is -2.35. The van der Waals surface area contributed by atoms with Crippen LogP contribution in [0.2, 0.25) is 0 Å². The van der Waals surface area contributed by atoms with Gasteiger partial charge in [-0.1, -0.05) is 35.7 Å². The van der Waals surface area contributed by atoms with Crippen molar-refractivity contribution >= 4 is 41.7 Å². The van der Waals surface area contributed by atoms with Gasteiger partial charge in [-0.05, 0) is 37.5 Å². The highest BCUT2D eigenvalue weighted by Crippen LogP contribution is 2.53. The lowest BCUT2D eigenvalue weighted by Crippen LogP contribution is -2.70. The molecule has 0 radical (unpaired) electrons. The molecule has 36 heavy (non-hydrogen) atoms. The summed E-state index contributed by atoms with van der Waals surface area (Å²) >= 11 is 0. The second kappa shape index (κ2) is 10.2. The Morgan fingerprint density at radius 2 is 1.39 bits per heavy atom. The van der Waals surface area contributed by atoms with Gasteiger partial charge in [-0.2, -0.15) is 26.3 Å². The van der Waals surface area contributed by atoms with Crippen molar-refractivity contribution in [2.24, 2.45) is 0 Å². The Morgan fingerprint density at radius 3 is 1.92 bits per heavy atom. The van der Waals surface area contributed by atoms with Crippen molar-refractivity contribution in [3.8, 4) is 5.75 Å². The first-order valence-corrected chi connectivity index (χ1v) is 15.4. The van der Waals surface area contributed by atoms with Crippen LogP contribution in [0.3, 0.4) is 0 Å². The van der Waals surface area contributed by atoms with Gasteiger partial charge in [0.05, 0.1) is 6.61 Å². The summed E-state index contributed by atoms with van der Waals surface area (Å²) in [6.45, 7) is 3.03. The Labute approximate surface area is 207 Å². The first-order valence-electron chi connectivity index (χ1n) is 10.8. The highest BCUT2D eigenvalue weighted by Gasteiger charge is 2.86. The van der Waals surface area contributed by atoms with Crippen molar-refractivity contribution in [2.45, 2.75) is 53.9 Å². The van der Waals surface area contributed by atoms with E-state index in [0.717, 1.165) is 18.8 Å². The van der Waals surface area contributed by atoms with Gasteiger partial charge in [0, 0.05) is 21.7 Å². The van der Waals surface area contributed by atoms with E-state index in [2.05, 4.69) is 43.3 Å². The number of benzene rings is 2. The lowest BCUT2D eigenvalue weighted by molar-refractivity contribution is -0.246. The van der Waals surface area contributed by atoms with Gasteiger partial charge in [-0.3, -0.25) is 0 Å². The molecule has 0 spiro atoms. The summed E-state index contributed by atoms with van der Waals surface area (Å²) in [5, 5.41) is -9.78. The van der Waals surface area contributed by atoms with Crippen molar-refractivity contribution in [2.75, 3.05) is 18.1 Å². The van der Waals surface area contributed by atoms with Gasteiger partial charge in [-0.15, -0.1) is 0 Å². The van der Waals surface area contributed by atoms with Crippen LogP contribution in [0, 0.1) is 0 Å². The molecule has 1 N–H and O–H groups in total. The molecule has 4 rings (SSSR count). The molecule has 0 saturated carbocycles. The summed E-state index contributed by atoms with van der Waals surface area (Å²) in [5.74, 6) is -2.76. The standard InChI is InChI=1S/C18H23OS.C3HF6NO4S2/c1-2-3-12-19-17-10-11-18(20-13-6-7-14-20)16-9-5-4-8-15(16)17;4-1(5)2(6,7)15(11,12)10-16(13,14)3(1,8)9/h4-5,8-11H,2-3,6-7,12-14H2,1H3;10H/q+1;. The third kappa shape index (κ3) is 4.90. The number of unbranched alkanes of at least 4 members (excludes halogenated alkanes) is 1. The summed E-state index contributed by atoms with van der Waals surface area (Å²) in [6, 6.07) is 13.3. The SMILES string of the molecule is CCCCOc1ccc([S+]2CCCC2)c2ccccc12.O=S1(=O)NS(=O)(=O)C(F)(F)C(F)(F)C1(F)F. The van der Waals surface area contributed by atoms with E-state index in [-0.39, 0.29) is 4.13 Å². The number of hydrogen-bond donors (Lipinski definition) is 1. The van der Waals surface area contributed by atoms with Crippen LogP contribution in [0.4, 0.5) is 26.3 Å². The largest absolute Gasteiger partial charge is 0.493 e. The number of rotatable bonds is 5. The molecule has 0 bridgehead atoms. The number of sulfonamides is 2. The third-order valence-corrected chi connectivity index (χ3v) is 11.7. The van der Waals surface area contributed by atoms with Crippen LogP contribution in [-0.2, 0) is 30.9 Å². The summed E-state index contributed by atoms with van der Waals surface area (Å²) in [7, 11) is -12.4. The number of hydrogen-bond acceptors (Lipinski definition) is 5. The zero-order chi connectivity index (χ0) is 27.0. The molecule has 202 valence electrons. The maximum Gasteiger partial charge on any atom is 0.429 e. The van der Waals surface area contributed by atoms with Crippen LogP contribution < -0.4 is 8.86 Å². The molecule has 0 aromatic heterocycles. The predicted molar refractivity (Wildman–Crippen MR) is 125 cm³/mol. The normalized spacial score (nSPS) is 23.5. The molecule has 15 heteroatoms. The van der Waals surface area contributed by atoms with Crippen molar-refractivity contribution < 1.29 is 47.9 Å². The second-order valence-corrected chi connectivity index (χ2v) is 14.1. The maximum atomic E-state index is 12.5. The Bertz CT molecular complexity index is 1270. The van der Waals surface area contributed by atoms with E-state index in [1.54, 1.807) is 4.90 Å². The van der Waals surface area contributed by atoms with Crippen LogP contribution >= 0.6 is 0 Å². The Hall–Kier alpha value is -1.71. The molecule has 2 aromatic carbocycles. The third-order valence-electron chi connectivity index (χ3n) is 5.57. The smallest absolute Gasteiger partial charge is 0.429 e. The molecule has 0 amide bonds. The Morgan fingerprint density at radius 1 is 0.861 bits per heavy atom. The number of halogens is 6. The van der Waals surface area contributed by atoms with E-state index in [0.29, 0.717) is 10.9 Å².